The van der Waals surface area contributed by atoms with E-state index in [1.807, 2.05) is 20.8 Å². The molecule has 0 fully saturated rings. The SMILES string of the molecule is Cc1c(C)c2c(c(C)c1O)CC[C@@](C)(CCCCCCCCC(C)(F)F)O2. The van der Waals surface area contributed by atoms with E-state index in [4.69, 9.17) is 4.74 Å². The van der Waals surface area contributed by atoms with Crippen molar-refractivity contribution in [3.63, 3.8) is 0 Å². The van der Waals surface area contributed by atoms with Crippen LogP contribution in [0.15, 0.2) is 0 Å². The number of halogens is 2. The molecule has 1 aromatic carbocycles. The number of unbranched alkanes of at least 4 members (excludes halogenated alkanes) is 5. The Morgan fingerprint density at radius 1 is 0.963 bits per heavy atom. The van der Waals surface area contributed by atoms with Crippen molar-refractivity contribution in [2.75, 3.05) is 0 Å². The second-order valence-corrected chi connectivity index (χ2v) is 8.77. The van der Waals surface area contributed by atoms with Crippen LogP contribution < -0.4 is 4.74 Å². The van der Waals surface area contributed by atoms with Crippen LogP contribution in [0, 0.1) is 20.8 Å². The number of aromatic hydroxyl groups is 1. The van der Waals surface area contributed by atoms with Gasteiger partial charge in [0.25, 0.3) is 0 Å². The van der Waals surface area contributed by atoms with Gasteiger partial charge in [-0.3, -0.25) is 0 Å². The molecule has 1 heterocycles. The molecule has 1 aliphatic rings. The van der Waals surface area contributed by atoms with Gasteiger partial charge in [-0.2, -0.15) is 0 Å². The second-order valence-electron chi connectivity index (χ2n) is 8.77. The zero-order valence-electron chi connectivity index (χ0n) is 17.7. The maximum atomic E-state index is 12.8. The summed E-state index contributed by atoms with van der Waals surface area (Å²) in [5.41, 5.74) is 3.91. The molecule has 0 bridgehead atoms. The van der Waals surface area contributed by atoms with Crippen LogP contribution in [0.3, 0.4) is 0 Å². The summed E-state index contributed by atoms with van der Waals surface area (Å²) < 4.78 is 32.0. The minimum atomic E-state index is -2.52. The van der Waals surface area contributed by atoms with E-state index in [0.29, 0.717) is 12.2 Å². The first-order valence-corrected chi connectivity index (χ1v) is 10.4. The normalized spacial score (nSPS) is 19.7. The number of phenolic OH excluding ortho intramolecular Hbond substituents is 1. The molecular formula is C23H36F2O2. The van der Waals surface area contributed by atoms with E-state index in [-0.39, 0.29) is 12.0 Å². The monoisotopic (exact) mass is 382 g/mol. The minimum absolute atomic E-state index is 0.00601. The summed E-state index contributed by atoms with van der Waals surface area (Å²) >= 11 is 0. The predicted octanol–water partition coefficient (Wildman–Crippen LogP) is 7.18. The molecule has 2 nitrogen and oxygen atoms in total. The minimum Gasteiger partial charge on any atom is -0.507 e. The van der Waals surface area contributed by atoms with Crippen LogP contribution in [0.4, 0.5) is 8.78 Å². The standard InChI is InChI=1S/C23H36F2O2/c1-16-17(2)21-19(18(3)20(16)26)12-15-22(4,27-21)13-10-8-6-7-9-11-14-23(5,24)25/h26H,6-15H2,1-5H3/t22-/m1/s1. The number of benzene rings is 1. The van der Waals surface area contributed by atoms with Crippen molar-refractivity contribution in [3.05, 3.63) is 22.3 Å². The van der Waals surface area contributed by atoms with E-state index in [0.717, 1.165) is 86.3 Å². The van der Waals surface area contributed by atoms with Crippen molar-refractivity contribution in [2.24, 2.45) is 0 Å². The summed E-state index contributed by atoms with van der Waals surface area (Å²) in [7, 11) is 0. The van der Waals surface area contributed by atoms with Crippen molar-refractivity contribution < 1.29 is 18.6 Å². The van der Waals surface area contributed by atoms with Crippen LogP contribution in [-0.4, -0.2) is 16.6 Å². The lowest BCUT2D eigenvalue weighted by atomic mass is 9.84. The van der Waals surface area contributed by atoms with Crippen LogP contribution >= 0.6 is 0 Å². The second kappa shape index (κ2) is 8.79. The number of ether oxygens (including phenoxy) is 1. The van der Waals surface area contributed by atoms with E-state index in [2.05, 4.69) is 6.92 Å². The van der Waals surface area contributed by atoms with Crippen molar-refractivity contribution in [1.82, 2.24) is 0 Å². The molecule has 1 atom stereocenters. The van der Waals surface area contributed by atoms with Gasteiger partial charge in [0.1, 0.15) is 17.1 Å². The number of phenols is 1. The topological polar surface area (TPSA) is 29.5 Å². The highest BCUT2D eigenvalue weighted by Crippen LogP contribution is 2.44. The average Bonchev–Trinajstić information content (AvgIpc) is 2.59. The zero-order valence-corrected chi connectivity index (χ0v) is 17.7. The van der Waals surface area contributed by atoms with Gasteiger partial charge in [-0.15, -0.1) is 0 Å². The molecule has 0 unspecified atom stereocenters. The van der Waals surface area contributed by atoms with Crippen molar-refractivity contribution in [3.8, 4) is 11.5 Å². The fourth-order valence-electron chi connectivity index (χ4n) is 4.11. The summed E-state index contributed by atoms with van der Waals surface area (Å²) in [5.74, 6) is -1.15. The molecule has 0 saturated heterocycles. The summed E-state index contributed by atoms with van der Waals surface area (Å²) in [6.07, 6.45) is 8.81. The summed E-state index contributed by atoms with van der Waals surface area (Å²) in [6.45, 7) is 9.14. The smallest absolute Gasteiger partial charge is 0.245 e. The van der Waals surface area contributed by atoms with E-state index in [1.54, 1.807) is 0 Å². The maximum absolute atomic E-state index is 12.8. The maximum Gasteiger partial charge on any atom is 0.245 e. The molecule has 0 amide bonds. The lowest BCUT2D eigenvalue weighted by molar-refractivity contribution is 0.0103. The third-order valence-electron chi connectivity index (χ3n) is 6.16. The van der Waals surface area contributed by atoms with Crippen molar-refractivity contribution in [1.29, 1.82) is 0 Å². The van der Waals surface area contributed by atoms with Crippen LogP contribution in [0.2, 0.25) is 0 Å². The van der Waals surface area contributed by atoms with E-state index in [1.165, 1.54) is 0 Å². The predicted molar refractivity (Wildman–Crippen MR) is 107 cm³/mol. The van der Waals surface area contributed by atoms with Gasteiger partial charge in [-0.1, -0.05) is 25.7 Å². The molecular weight excluding hydrogens is 346 g/mol. The van der Waals surface area contributed by atoms with Gasteiger partial charge in [0.2, 0.25) is 5.92 Å². The molecule has 1 N–H and O–H groups in total. The van der Waals surface area contributed by atoms with Crippen LogP contribution in [0.1, 0.15) is 93.9 Å². The van der Waals surface area contributed by atoms with E-state index >= 15 is 0 Å². The Labute approximate surface area is 163 Å². The third-order valence-corrected chi connectivity index (χ3v) is 6.16. The van der Waals surface area contributed by atoms with Gasteiger partial charge < -0.3 is 9.84 Å². The molecule has 4 heteroatoms. The molecule has 0 spiro atoms. The molecule has 2 rings (SSSR count). The highest BCUT2D eigenvalue weighted by atomic mass is 19.3. The molecule has 0 radical (unpaired) electrons. The summed E-state index contributed by atoms with van der Waals surface area (Å²) in [5, 5.41) is 10.3. The first-order valence-electron chi connectivity index (χ1n) is 10.4. The number of hydrogen-bond acceptors (Lipinski definition) is 2. The quantitative estimate of drug-likeness (QED) is 0.458. The Bertz CT molecular complexity index is 649. The van der Waals surface area contributed by atoms with E-state index in [9.17, 15) is 13.9 Å². The highest BCUT2D eigenvalue weighted by molar-refractivity contribution is 5.58. The first-order chi connectivity index (χ1) is 12.5. The number of alkyl halides is 2. The molecule has 0 aromatic heterocycles. The lowest BCUT2D eigenvalue weighted by Crippen LogP contribution is -2.37. The summed E-state index contributed by atoms with van der Waals surface area (Å²) in [4.78, 5) is 0. The molecule has 0 aliphatic carbocycles. The molecule has 27 heavy (non-hydrogen) atoms. The number of fused-ring (bicyclic) bond motifs is 1. The number of hydrogen-bond donors (Lipinski definition) is 1. The van der Waals surface area contributed by atoms with Gasteiger partial charge in [0.05, 0.1) is 0 Å². The number of rotatable bonds is 9. The fourth-order valence-corrected chi connectivity index (χ4v) is 4.11. The molecule has 154 valence electrons. The van der Waals surface area contributed by atoms with Gasteiger partial charge in [0, 0.05) is 12.0 Å². The van der Waals surface area contributed by atoms with Gasteiger partial charge >= 0.3 is 0 Å². The lowest BCUT2D eigenvalue weighted by Gasteiger charge is -2.38. The van der Waals surface area contributed by atoms with Crippen molar-refractivity contribution in [2.45, 2.75) is 110 Å². The Kier molecular flexibility index (Phi) is 7.15. The average molecular weight is 383 g/mol. The largest absolute Gasteiger partial charge is 0.507 e. The fraction of sp³-hybridized carbons (Fsp3) is 0.739. The Morgan fingerprint density at radius 3 is 2.19 bits per heavy atom. The Hall–Kier alpha value is -1.32. The van der Waals surface area contributed by atoms with Crippen LogP contribution in [0.25, 0.3) is 0 Å². The Balaban J connectivity index is 1.79. The zero-order chi connectivity index (χ0) is 20.2. The van der Waals surface area contributed by atoms with Crippen LogP contribution in [-0.2, 0) is 6.42 Å². The summed E-state index contributed by atoms with van der Waals surface area (Å²) in [6, 6.07) is 0. The third kappa shape index (κ3) is 5.83. The molecule has 0 saturated carbocycles. The Morgan fingerprint density at radius 2 is 1.56 bits per heavy atom. The van der Waals surface area contributed by atoms with Gasteiger partial charge in [-0.25, -0.2) is 8.78 Å². The first kappa shape index (κ1) is 22.0. The molecule has 1 aliphatic heterocycles. The van der Waals surface area contributed by atoms with Gasteiger partial charge in [-0.05, 0) is 83.4 Å². The molecule has 1 aromatic rings. The van der Waals surface area contributed by atoms with Gasteiger partial charge in [0.15, 0.2) is 0 Å². The van der Waals surface area contributed by atoms with Crippen molar-refractivity contribution >= 4 is 0 Å². The highest BCUT2D eigenvalue weighted by Gasteiger charge is 2.34. The van der Waals surface area contributed by atoms with Crippen LogP contribution in [0.5, 0.6) is 11.5 Å². The van der Waals surface area contributed by atoms with E-state index < -0.39 is 5.92 Å².